The molecule has 3 N–H and O–H groups in total. The molecule has 0 bridgehead atoms. The molecule has 3 heterocycles. The van der Waals surface area contributed by atoms with Gasteiger partial charge in [0, 0.05) is 50.3 Å². The minimum absolute atomic E-state index is 0.0519. The first-order valence-corrected chi connectivity index (χ1v) is 13.7. The van der Waals surface area contributed by atoms with Crippen LogP contribution in [-0.4, -0.2) is 78.4 Å². The van der Waals surface area contributed by atoms with Crippen molar-refractivity contribution in [3.8, 4) is 5.88 Å². The Balaban J connectivity index is 1.49. The second kappa shape index (κ2) is 10.5. The van der Waals surface area contributed by atoms with Gasteiger partial charge in [-0.1, -0.05) is 6.42 Å². The molecule has 4 fully saturated rings. The lowest BCUT2D eigenvalue weighted by atomic mass is 9.62. The van der Waals surface area contributed by atoms with Crippen LogP contribution in [0.25, 0.3) is 5.70 Å². The van der Waals surface area contributed by atoms with Gasteiger partial charge in [0.15, 0.2) is 11.6 Å². The van der Waals surface area contributed by atoms with Crippen molar-refractivity contribution in [3.05, 3.63) is 17.5 Å². The van der Waals surface area contributed by atoms with Crippen LogP contribution in [0.1, 0.15) is 70.5 Å². The lowest BCUT2D eigenvalue weighted by molar-refractivity contribution is -0.143. The molecule has 3 atom stereocenters. The number of carbonyl (C=O) groups is 2. The molecule has 196 valence electrons. The maximum absolute atomic E-state index is 13.7. The Kier molecular flexibility index (Phi) is 7.30. The van der Waals surface area contributed by atoms with Gasteiger partial charge in [-0.05, 0) is 65.5 Å². The van der Waals surface area contributed by atoms with Crippen molar-refractivity contribution < 1.29 is 14.3 Å². The fourth-order valence-electron chi connectivity index (χ4n) is 6.25. The van der Waals surface area contributed by atoms with E-state index in [1.807, 2.05) is 6.07 Å². The van der Waals surface area contributed by atoms with Gasteiger partial charge in [-0.15, -0.1) is 0 Å². The molecule has 2 aliphatic carbocycles. The molecule has 9 nitrogen and oxygen atoms in total. The number of hydrogen-bond donors (Lipinski definition) is 2. The van der Waals surface area contributed by atoms with Crippen LogP contribution in [0.2, 0.25) is 0 Å². The summed E-state index contributed by atoms with van der Waals surface area (Å²) in [6, 6.07) is 2.18. The predicted octanol–water partition coefficient (Wildman–Crippen LogP) is 2.30. The normalized spacial score (nSPS) is 30.1. The van der Waals surface area contributed by atoms with E-state index < -0.39 is 5.41 Å². The molecular weight excluding hydrogens is 456 g/mol. The Labute approximate surface area is 213 Å². The van der Waals surface area contributed by atoms with Crippen molar-refractivity contribution >= 4 is 23.1 Å². The molecule has 1 aromatic heterocycles. The summed E-state index contributed by atoms with van der Waals surface area (Å²) in [6.45, 7) is 6.64. The van der Waals surface area contributed by atoms with E-state index in [1.165, 1.54) is 0 Å². The van der Waals surface area contributed by atoms with Crippen molar-refractivity contribution in [1.82, 2.24) is 20.2 Å². The topological polar surface area (TPSA) is 114 Å². The molecule has 0 radical (unpaired) electrons. The number of ketones is 2. The zero-order valence-electron chi connectivity index (χ0n) is 21.7. The third kappa shape index (κ3) is 4.87. The lowest BCUT2D eigenvalue weighted by Gasteiger charge is -2.38. The molecule has 1 spiro atoms. The summed E-state index contributed by atoms with van der Waals surface area (Å²) < 4.78 is 6.31. The van der Waals surface area contributed by atoms with Crippen molar-refractivity contribution in [2.24, 2.45) is 11.1 Å². The summed E-state index contributed by atoms with van der Waals surface area (Å²) in [5.41, 5.74) is 6.58. The molecule has 9 heteroatoms. The number of aromatic nitrogens is 2. The molecule has 5 rings (SSSR count). The number of nitrogens with zero attached hydrogens (tertiary/aromatic N) is 4. The summed E-state index contributed by atoms with van der Waals surface area (Å²) in [6.07, 6.45) is 7.01. The largest absolute Gasteiger partial charge is 0.473 e. The molecular formula is C27H40N6O3. The van der Waals surface area contributed by atoms with E-state index in [0.717, 1.165) is 70.6 Å². The molecule has 36 heavy (non-hydrogen) atoms. The highest BCUT2D eigenvalue weighted by Gasteiger charge is 2.49. The number of hydrogen-bond acceptors (Lipinski definition) is 9. The average molecular weight is 497 g/mol. The number of nitrogens with two attached hydrogens (primary N) is 1. The van der Waals surface area contributed by atoms with Gasteiger partial charge in [-0.2, -0.15) is 4.98 Å². The Morgan fingerprint density at radius 3 is 2.61 bits per heavy atom. The van der Waals surface area contributed by atoms with Crippen molar-refractivity contribution in [2.75, 3.05) is 44.7 Å². The number of anilines is 1. The van der Waals surface area contributed by atoms with Crippen LogP contribution < -0.4 is 20.7 Å². The average Bonchev–Trinajstić information content (AvgIpc) is 3.42. The Morgan fingerprint density at radius 1 is 1.11 bits per heavy atom. The SMILES string of the molecule is C[C@H](Oc1cc(N2CCN(C)CC2)nc(C(N)=C2CCC[C@@]3(CCCCC3=O)C2=O)n1)[C@@H]1CCCN1. The van der Waals surface area contributed by atoms with Gasteiger partial charge >= 0.3 is 0 Å². The molecule has 1 aromatic rings. The molecule has 0 aromatic carbocycles. The second-order valence-electron chi connectivity index (χ2n) is 11.0. The fraction of sp³-hybridized carbons (Fsp3) is 0.704. The van der Waals surface area contributed by atoms with Crippen molar-refractivity contribution in [3.63, 3.8) is 0 Å². The summed E-state index contributed by atoms with van der Waals surface area (Å²) in [5, 5.41) is 3.50. The predicted molar refractivity (Wildman–Crippen MR) is 139 cm³/mol. The lowest BCUT2D eigenvalue weighted by Crippen LogP contribution is -2.45. The number of nitrogens with one attached hydrogen (secondary N) is 1. The first-order chi connectivity index (χ1) is 17.4. The molecule has 4 aliphatic rings. The van der Waals surface area contributed by atoms with E-state index in [4.69, 9.17) is 20.4 Å². The Hall–Kier alpha value is -2.52. The van der Waals surface area contributed by atoms with Gasteiger partial charge in [0.2, 0.25) is 5.88 Å². The number of carbonyl (C=O) groups excluding carboxylic acids is 2. The highest BCUT2D eigenvalue weighted by atomic mass is 16.5. The number of allylic oxidation sites excluding steroid dienone is 1. The molecule has 2 aliphatic heterocycles. The Bertz CT molecular complexity index is 1020. The molecule has 0 unspecified atom stereocenters. The van der Waals surface area contributed by atoms with E-state index in [0.29, 0.717) is 48.7 Å². The van der Waals surface area contributed by atoms with Gasteiger partial charge < -0.3 is 25.6 Å². The van der Waals surface area contributed by atoms with Crippen LogP contribution in [-0.2, 0) is 9.59 Å². The third-order valence-electron chi connectivity index (χ3n) is 8.58. The minimum Gasteiger partial charge on any atom is -0.473 e. The minimum atomic E-state index is -0.895. The van der Waals surface area contributed by atoms with Gasteiger partial charge in [0.05, 0.1) is 11.1 Å². The van der Waals surface area contributed by atoms with E-state index in [-0.39, 0.29) is 23.7 Å². The van der Waals surface area contributed by atoms with Crippen LogP contribution in [0, 0.1) is 5.41 Å². The monoisotopic (exact) mass is 496 g/mol. The molecule has 2 saturated carbocycles. The molecule has 0 amide bonds. The summed E-state index contributed by atoms with van der Waals surface area (Å²) >= 11 is 0. The van der Waals surface area contributed by atoms with Gasteiger partial charge in [0.25, 0.3) is 0 Å². The number of likely N-dealkylation sites (N-methyl/N-ethyl adjacent to an activating group) is 1. The zero-order chi connectivity index (χ0) is 25.3. The third-order valence-corrected chi connectivity index (χ3v) is 8.58. The van der Waals surface area contributed by atoms with Crippen LogP contribution in [0.4, 0.5) is 5.82 Å². The van der Waals surface area contributed by atoms with Gasteiger partial charge in [-0.3, -0.25) is 9.59 Å². The van der Waals surface area contributed by atoms with Crippen LogP contribution in [0.5, 0.6) is 5.88 Å². The van der Waals surface area contributed by atoms with Crippen LogP contribution >= 0.6 is 0 Å². The Morgan fingerprint density at radius 2 is 1.89 bits per heavy atom. The number of rotatable bonds is 5. The van der Waals surface area contributed by atoms with E-state index in [9.17, 15) is 9.59 Å². The summed E-state index contributed by atoms with van der Waals surface area (Å²) in [4.78, 5) is 40.7. The van der Waals surface area contributed by atoms with Crippen molar-refractivity contribution in [1.29, 1.82) is 0 Å². The van der Waals surface area contributed by atoms with Gasteiger partial charge in [-0.25, -0.2) is 4.98 Å². The number of piperazine rings is 1. The maximum atomic E-state index is 13.7. The highest BCUT2D eigenvalue weighted by Crippen LogP contribution is 2.45. The molecule has 2 saturated heterocycles. The van der Waals surface area contributed by atoms with E-state index >= 15 is 0 Å². The zero-order valence-corrected chi connectivity index (χ0v) is 21.7. The first kappa shape index (κ1) is 25.1. The fourth-order valence-corrected chi connectivity index (χ4v) is 6.25. The van der Waals surface area contributed by atoms with Crippen molar-refractivity contribution in [2.45, 2.75) is 76.9 Å². The summed E-state index contributed by atoms with van der Waals surface area (Å²) in [7, 11) is 2.12. The number of Topliss-reactive ketones (excluding diaryl/α,β-unsaturated/α-hetero) is 2. The van der Waals surface area contributed by atoms with Crippen LogP contribution in [0.15, 0.2) is 11.6 Å². The standard InChI is InChI=1S/C27H40N6O3/c1-18(20-8-6-12-29-20)36-23-17-22(33-15-13-32(2)14-16-33)30-26(31-23)24(28)19-7-5-11-27(25(19)35)10-4-3-9-21(27)34/h17-18,20,29H,3-16,28H2,1-2H3/t18-,20-,27+/m0/s1. The maximum Gasteiger partial charge on any atom is 0.219 e. The summed E-state index contributed by atoms with van der Waals surface area (Å²) in [5.74, 6) is 1.56. The van der Waals surface area contributed by atoms with E-state index in [1.54, 1.807) is 0 Å². The second-order valence-corrected chi connectivity index (χ2v) is 11.0. The smallest absolute Gasteiger partial charge is 0.219 e. The van der Waals surface area contributed by atoms with E-state index in [2.05, 4.69) is 29.1 Å². The quantitative estimate of drug-likeness (QED) is 0.468. The highest BCUT2D eigenvalue weighted by molar-refractivity contribution is 6.17. The van der Waals surface area contributed by atoms with Crippen LogP contribution in [0.3, 0.4) is 0 Å². The van der Waals surface area contributed by atoms with Gasteiger partial charge in [0.1, 0.15) is 17.7 Å². The first-order valence-electron chi connectivity index (χ1n) is 13.7. The number of ether oxygens (including phenoxy) is 1.